The van der Waals surface area contributed by atoms with E-state index in [1.807, 2.05) is 0 Å². The molecule has 3 heteroatoms. The van der Waals surface area contributed by atoms with Gasteiger partial charge in [-0.3, -0.25) is 0 Å². The highest BCUT2D eigenvalue weighted by Gasteiger charge is 2.32. The molecule has 0 heterocycles. The summed E-state index contributed by atoms with van der Waals surface area (Å²) in [6.45, 7) is 7.76. The highest BCUT2D eigenvalue weighted by molar-refractivity contribution is 9.11. The summed E-state index contributed by atoms with van der Waals surface area (Å²) < 4.78 is 2.44. The van der Waals surface area contributed by atoms with Crippen LogP contribution in [0, 0.1) is 18.8 Å². The fraction of sp³-hybridized carbons (Fsp3) is 0.625. The Bertz CT molecular complexity index is 445. The van der Waals surface area contributed by atoms with E-state index in [0.29, 0.717) is 6.04 Å². The molecule has 0 spiro atoms. The summed E-state index contributed by atoms with van der Waals surface area (Å²) in [7, 11) is 0. The molecule has 1 N–H and O–H groups in total. The molecule has 3 unspecified atom stereocenters. The summed E-state index contributed by atoms with van der Waals surface area (Å²) in [6.07, 6.45) is 4.09. The van der Waals surface area contributed by atoms with E-state index >= 15 is 0 Å². The summed E-state index contributed by atoms with van der Waals surface area (Å²) in [5.74, 6) is 1.57. The van der Waals surface area contributed by atoms with E-state index in [1.165, 1.54) is 39.3 Å². The number of nitrogens with one attached hydrogen (secondary N) is 1. The summed E-state index contributed by atoms with van der Waals surface area (Å²) in [6, 6.07) is 4.98. The van der Waals surface area contributed by atoms with Gasteiger partial charge in [0.25, 0.3) is 0 Å². The van der Waals surface area contributed by atoms with Crippen molar-refractivity contribution in [2.75, 3.05) is 6.54 Å². The third kappa shape index (κ3) is 3.43. The topological polar surface area (TPSA) is 12.0 Å². The van der Waals surface area contributed by atoms with Crippen molar-refractivity contribution >= 4 is 31.9 Å². The smallest absolute Gasteiger partial charge is 0.0362 e. The molecule has 0 aliphatic heterocycles. The van der Waals surface area contributed by atoms with Crippen molar-refractivity contribution in [3.05, 3.63) is 32.2 Å². The highest BCUT2D eigenvalue weighted by atomic mass is 79.9. The Morgan fingerprint density at radius 2 is 2.00 bits per heavy atom. The van der Waals surface area contributed by atoms with Crippen molar-refractivity contribution in [1.29, 1.82) is 0 Å². The zero-order valence-electron chi connectivity index (χ0n) is 12.0. The van der Waals surface area contributed by atoms with E-state index < -0.39 is 0 Å². The van der Waals surface area contributed by atoms with Gasteiger partial charge in [0.15, 0.2) is 0 Å². The first kappa shape index (κ1) is 15.5. The summed E-state index contributed by atoms with van der Waals surface area (Å²) in [5, 5.41) is 3.71. The van der Waals surface area contributed by atoms with Crippen LogP contribution >= 0.6 is 31.9 Å². The minimum absolute atomic E-state index is 0.466. The molecule has 0 amide bonds. The Hall–Kier alpha value is 0.140. The summed E-state index contributed by atoms with van der Waals surface area (Å²) in [4.78, 5) is 0. The van der Waals surface area contributed by atoms with Crippen LogP contribution in [0.4, 0.5) is 0 Å². The monoisotopic (exact) mass is 387 g/mol. The fourth-order valence-corrected chi connectivity index (χ4v) is 4.35. The molecule has 0 radical (unpaired) electrons. The maximum atomic E-state index is 3.76. The van der Waals surface area contributed by atoms with Gasteiger partial charge in [0, 0.05) is 15.0 Å². The normalized spacial score (nSPS) is 24.7. The molecule has 0 aromatic heterocycles. The number of hydrogen-bond acceptors (Lipinski definition) is 1. The van der Waals surface area contributed by atoms with Crippen LogP contribution in [0.3, 0.4) is 0 Å². The molecule has 0 saturated heterocycles. The largest absolute Gasteiger partial charge is 0.310 e. The number of rotatable bonds is 4. The van der Waals surface area contributed by atoms with Gasteiger partial charge in [-0.1, -0.05) is 58.5 Å². The van der Waals surface area contributed by atoms with Gasteiger partial charge in [0.2, 0.25) is 0 Å². The molecule has 1 fully saturated rings. The van der Waals surface area contributed by atoms with Crippen LogP contribution in [0.15, 0.2) is 21.1 Å². The molecule has 1 nitrogen and oxygen atoms in total. The molecule has 1 aromatic carbocycles. The van der Waals surface area contributed by atoms with Crippen molar-refractivity contribution in [2.24, 2.45) is 11.8 Å². The Morgan fingerprint density at radius 1 is 1.26 bits per heavy atom. The maximum absolute atomic E-state index is 3.76. The predicted molar refractivity (Wildman–Crippen MR) is 89.5 cm³/mol. The molecule has 1 aliphatic rings. The van der Waals surface area contributed by atoms with E-state index in [-0.39, 0.29) is 0 Å². The Labute approximate surface area is 133 Å². The van der Waals surface area contributed by atoms with Crippen molar-refractivity contribution in [3.8, 4) is 0 Å². The lowest BCUT2D eigenvalue weighted by molar-refractivity contribution is 0.305. The van der Waals surface area contributed by atoms with Crippen LogP contribution in [-0.2, 0) is 0 Å². The van der Waals surface area contributed by atoms with Gasteiger partial charge in [0.05, 0.1) is 0 Å². The van der Waals surface area contributed by atoms with E-state index in [0.717, 1.165) is 18.4 Å². The number of hydrogen-bond donors (Lipinski definition) is 1. The maximum Gasteiger partial charge on any atom is 0.0362 e. The van der Waals surface area contributed by atoms with E-state index in [1.54, 1.807) is 0 Å². The molecule has 3 atom stereocenters. The van der Waals surface area contributed by atoms with Gasteiger partial charge in [0.1, 0.15) is 0 Å². The van der Waals surface area contributed by atoms with E-state index in [4.69, 9.17) is 0 Å². The van der Waals surface area contributed by atoms with Gasteiger partial charge in [-0.25, -0.2) is 0 Å². The average molecular weight is 389 g/mol. The summed E-state index contributed by atoms with van der Waals surface area (Å²) >= 11 is 7.43. The Morgan fingerprint density at radius 3 is 2.58 bits per heavy atom. The Kier molecular flexibility index (Phi) is 5.50. The first-order valence-corrected chi connectivity index (χ1v) is 8.82. The molecule has 1 aromatic rings. The first-order valence-electron chi connectivity index (χ1n) is 7.23. The van der Waals surface area contributed by atoms with Gasteiger partial charge >= 0.3 is 0 Å². The minimum Gasteiger partial charge on any atom is -0.310 e. The van der Waals surface area contributed by atoms with Crippen LogP contribution in [0.25, 0.3) is 0 Å². The van der Waals surface area contributed by atoms with Crippen LogP contribution in [0.2, 0.25) is 0 Å². The molecule has 106 valence electrons. The minimum atomic E-state index is 0.466. The molecule has 2 rings (SSSR count). The zero-order valence-corrected chi connectivity index (χ0v) is 15.1. The molecule has 1 saturated carbocycles. The molecular formula is C16H23Br2N. The SMILES string of the molecule is CCNC(c1cc(Br)c(C)cc1Br)C1CCCC1C. The van der Waals surface area contributed by atoms with Crippen molar-refractivity contribution in [1.82, 2.24) is 5.32 Å². The third-order valence-corrected chi connectivity index (χ3v) is 5.93. The molecular weight excluding hydrogens is 366 g/mol. The lowest BCUT2D eigenvalue weighted by Crippen LogP contribution is -2.30. The van der Waals surface area contributed by atoms with Gasteiger partial charge < -0.3 is 5.32 Å². The van der Waals surface area contributed by atoms with Crippen molar-refractivity contribution in [3.63, 3.8) is 0 Å². The van der Waals surface area contributed by atoms with Crippen molar-refractivity contribution < 1.29 is 0 Å². The number of aryl methyl sites for hydroxylation is 1. The van der Waals surface area contributed by atoms with Gasteiger partial charge in [-0.15, -0.1) is 0 Å². The lowest BCUT2D eigenvalue weighted by Gasteiger charge is -2.29. The first-order chi connectivity index (χ1) is 9.04. The fourth-order valence-electron chi connectivity index (χ4n) is 3.28. The zero-order chi connectivity index (χ0) is 14.0. The lowest BCUT2D eigenvalue weighted by atomic mass is 9.85. The second kappa shape index (κ2) is 6.73. The number of benzene rings is 1. The van der Waals surface area contributed by atoms with Crippen LogP contribution in [0.1, 0.15) is 50.3 Å². The molecule has 19 heavy (non-hydrogen) atoms. The molecule has 1 aliphatic carbocycles. The highest BCUT2D eigenvalue weighted by Crippen LogP contribution is 2.42. The average Bonchev–Trinajstić information content (AvgIpc) is 2.77. The Balaban J connectivity index is 2.35. The predicted octanol–water partition coefficient (Wildman–Crippen LogP) is 5.61. The van der Waals surface area contributed by atoms with Crippen molar-refractivity contribution in [2.45, 2.75) is 46.1 Å². The van der Waals surface area contributed by atoms with Gasteiger partial charge in [-0.2, -0.15) is 0 Å². The third-order valence-electron chi connectivity index (χ3n) is 4.39. The van der Waals surface area contributed by atoms with Gasteiger partial charge in [-0.05, 0) is 55.0 Å². The molecule has 0 bridgehead atoms. The van der Waals surface area contributed by atoms with Crippen LogP contribution in [-0.4, -0.2) is 6.54 Å². The standard InChI is InChI=1S/C16H23Br2N/c1-4-19-16(12-7-5-6-10(12)2)13-9-14(17)11(3)8-15(13)18/h8-10,12,16,19H,4-7H2,1-3H3. The van der Waals surface area contributed by atoms with E-state index in [2.05, 4.69) is 70.1 Å². The second-order valence-corrected chi connectivity index (χ2v) is 7.44. The van der Waals surface area contributed by atoms with Crippen LogP contribution in [0.5, 0.6) is 0 Å². The quantitative estimate of drug-likeness (QED) is 0.706. The van der Waals surface area contributed by atoms with Crippen LogP contribution < -0.4 is 5.32 Å². The van der Waals surface area contributed by atoms with E-state index in [9.17, 15) is 0 Å². The summed E-state index contributed by atoms with van der Waals surface area (Å²) in [5.41, 5.74) is 2.68. The second-order valence-electron chi connectivity index (χ2n) is 5.73. The number of halogens is 2.